The van der Waals surface area contributed by atoms with Gasteiger partial charge in [-0.15, -0.1) is 0 Å². The first kappa shape index (κ1) is 16.7. The molecule has 1 aromatic carbocycles. The molecular formula is C19H29NSiTi. The molecule has 0 bridgehead atoms. The fourth-order valence-corrected chi connectivity index (χ4v) is 14.9. The van der Waals surface area contributed by atoms with E-state index >= 15 is 0 Å². The first-order chi connectivity index (χ1) is 10.3. The van der Waals surface area contributed by atoms with Gasteiger partial charge in [0.25, 0.3) is 0 Å². The Bertz CT molecular complexity index is 675. The number of nitrogens with one attached hydrogen (secondary N) is 1. The quantitative estimate of drug-likeness (QED) is 0.758. The Kier molecular flexibility index (Phi) is 4.59. The van der Waals surface area contributed by atoms with E-state index in [0.717, 1.165) is 4.22 Å². The normalized spacial score (nSPS) is 19.7. The molecule has 3 heteroatoms. The molecule has 1 N–H and O–H groups in total. The summed E-state index contributed by atoms with van der Waals surface area (Å²) in [6.07, 6.45) is 6.17. The molecule has 1 atom stereocenters. The Morgan fingerprint density at radius 3 is 2.36 bits per heavy atom. The number of allylic oxidation sites excluding steroid dienone is 1. The van der Waals surface area contributed by atoms with Gasteiger partial charge in [-0.1, -0.05) is 0 Å². The molecule has 1 nitrogen and oxygen atoms in total. The predicted molar refractivity (Wildman–Crippen MR) is 95.2 cm³/mol. The molecule has 22 heavy (non-hydrogen) atoms. The zero-order valence-corrected chi connectivity index (χ0v) is 17.5. The van der Waals surface area contributed by atoms with Crippen LogP contribution in [0.5, 0.6) is 0 Å². The van der Waals surface area contributed by atoms with Crippen LogP contribution in [0.15, 0.2) is 17.7 Å². The second-order valence-electron chi connectivity index (χ2n) is 8.21. The summed E-state index contributed by atoms with van der Waals surface area (Å²) < 4.78 is 4.85. The van der Waals surface area contributed by atoms with Crippen molar-refractivity contribution in [3.05, 3.63) is 40.0 Å². The summed E-state index contributed by atoms with van der Waals surface area (Å²) in [5.41, 5.74) is 8.32. The van der Waals surface area contributed by atoms with Gasteiger partial charge in [-0.3, -0.25) is 0 Å². The number of fused-ring (bicyclic) bond motifs is 2. The Hall–Kier alpha value is -0.149. The molecule has 3 rings (SSSR count). The van der Waals surface area contributed by atoms with E-state index in [1.165, 1.54) is 24.8 Å². The summed E-state index contributed by atoms with van der Waals surface area (Å²) in [6.45, 7) is 14.4. The van der Waals surface area contributed by atoms with Crippen LogP contribution in [0.4, 0.5) is 0 Å². The maximum absolute atomic E-state index is 4.11. The molecule has 1 aromatic rings. The monoisotopic (exact) mass is 347 g/mol. The van der Waals surface area contributed by atoms with Gasteiger partial charge in [0.1, 0.15) is 0 Å². The van der Waals surface area contributed by atoms with E-state index in [0.29, 0.717) is 0 Å². The second-order valence-corrected chi connectivity index (χ2v) is 19.7. The van der Waals surface area contributed by atoms with Crippen LogP contribution in [0.2, 0.25) is 13.1 Å². The Morgan fingerprint density at radius 2 is 1.77 bits per heavy atom. The minimum absolute atomic E-state index is 0.247. The van der Waals surface area contributed by atoms with Crippen LogP contribution in [-0.4, -0.2) is 11.7 Å². The van der Waals surface area contributed by atoms with Crippen molar-refractivity contribution < 1.29 is 16.9 Å². The topological polar surface area (TPSA) is 12.0 Å². The van der Waals surface area contributed by atoms with Crippen LogP contribution in [0.25, 0.3) is 6.08 Å². The average Bonchev–Trinajstić information content (AvgIpc) is 2.94. The van der Waals surface area contributed by atoms with Crippen molar-refractivity contribution in [1.29, 1.82) is 0 Å². The summed E-state index contributed by atoms with van der Waals surface area (Å²) in [4.78, 5) is 0. The molecule has 118 valence electrons. The van der Waals surface area contributed by atoms with Crippen LogP contribution in [0.1, 0.15) is 60.6 Å². The molecule has 2 aliphatic rings. The van der Waals surface area contributed by atoms with E-state index in [-0.39, 0.29) is 11.7 Å². The second kappa shape index (κ2) is 6.05. The Morgan fingerprint density at radius 1 is 1.14 bits per heavy atom. The molecule has 0 radical (unpaired) electrons. The molecule has 0 aliphatic heterocycles. The van der Waals surface area contributed by atoms with Gasteiger partial charge in [0.05, 0.1) is 0 Å². The zero-order chi connectivity index (χ0) is 16.1. The summed E-state index contributed by atoms with van der Waals surface area (Å²) in [5.74, 6) is 0. The van der Waals surface area contributed by atoms with Crippen molar-refractivity contribution >= 4 is 12.3 Å². The van der Waals surface area contributed by atoms with Crippen LogP contribution in [0.3, 0.4) is 0 Å². The molecule has 0 saturated carbocycles. The number of aryl methyl sites for hydroxylation is 2. The van der Waals surface area contributed by atoms with Crippen molar-refractivity contribution in [3.8, 4) is 0 Å². The number of benzene rings is 1. The van der Waals surface area contributed by atoms with Crippen LogP contribution in [0, 0.1) is 0 Å². The number of hydrogen-bond donors (Lipinski definition) is 1. The molecule has 1 unspecified atom stereocenters. The molecular weight excluding hydrogens is 318 g/mol. The minimum atomic E-state index is -1.35. The molecule has 0 fully saturated rings. The van der Waals surface area contributed by atoms with Gasteiger partial charge in [0.2, 0.25) is 0 Å². The third-order valence-corrected chi connectivity index (χ3v) is 16.3. The van der Waals surface area contributed by atoms with Crippen molar-refractivity contribution in [2.24, 2.45) is 0 Å². The third kappa shape index (κ3) is 3.21. The predicted octanol–water partition coefficient (Wildman–Crippen LogP) is 4.81. The van der Waals surface area contributed by atoms with Crippen molar-refractivity contribution in [2.45, 2.75) is 69.8 Å². The average molecular weight is 347 g/mol. The first-order valence-corrected chi connectivity index (χ1v) is 15.1. The maximum atomic E-state index is 4.11. The van der Waals surface area contributed by atoms with Gasteiger partial charge in [0.15, 0.2) is 0 Å². The van der Waals surface area contributed by atoms with Crippen molar-refractivity contribution in [1.82, 2.24) is 3.80 Å². The van der Waals surface area contributed by atoms with E-state index in [1.54, 1.807) is 22.3 Å². The number of hydrogen-bond acceptors (Lipinski definition) is 1. The Labute approximate surface area is 142 Å². The zero-order valence-electron chi connectivity index (χ0n) is 14.9. The van der Waals surface area contributed by atoms with Gasteiger partial charge in [-0.2, -0.15) is 0 Å². The van der Waals surface area contributed by atoms with E-state index in [1.807, 2.05) is 0 Å². The standard InChI is InChI=1S/C13H13.C4H10N.C2H6Si.Ti/c1-9-5-12-7-10-3-2-4-11(10)8-13(12)6-9;1-4(2,3)5;1-3-2;/h5-8H,2-4H2,1H3;5H,1-3H3;1-2H3;/q;-1;;+1. The van der Waals surface area contributed by atoms with Gasteiger partial charge in [-0.05, 0) is 0 Å². The first-order valence-electron chi connectivity index (χ1n) is 8.56. The van der Waals surface area contributed by atoms with Gasteiger partial charge >= 0.3 is 143 Å². The molecule has 0 heterocycles. The Balaban J connectivity index is 2.06. The van der Waals surface area contributed by atoms with E-state index < -0.39 is 16.9 Å². The molecule has 0 amide bonds. The summed E-state index contributed by atoms with van der Waals surface area (Å²) in [6, 6.07) is 5.09. The van der Waals surface area contributed by atoms with E-state index in [2.05, 4.69) is 62.8 Å². The van der Waals surface area contributed by atoms with Crippen molar-refractivity contribution in [3.63, 3.8) is 0 Å². The van der Waals surface area contributed by atoms with Gasteiger partial charge in [-0.25, -0.2) is 0 Å². The van der Waals surface area contributed by atoms with Gasteiger partial charge < -0.3 is 0 Å². The molecule has 2 aliphatic carbocycles. The van der Waals surface area contributed by atoms with E-state index in [4.69, 9.17) is 0 Å². The summed E-state index contributed by atoms with van der Waals surface area (Å²) in [5, 5.41) is 0. The van der Waals surface area contributed by atoms with Gasteiger partial charge in [0, 0.05) is 0 Å². The SMILES string of the molecule is CC1=Cc2cc3c(cc2[CH]1[Ti]([NH]C(C)(C)C)=[Si](C)C)CCC3. The fraction of sp³-hybridized carbons (Fsp3) is 0.579. The van der Waals surface area contributed by atoms with Crippen LogP contribution >= 0.6 is 0 Å². The number of rotatable bonds is 2. The van der Waals surface area contributed by atoms with Crippen LogP contribution < -0.4 is 3.80 Å². The molecule has 0 aromatic heterocycles. The summed E-state index contributed by atoms with van der Waals surface area (Å²) >= 11 is -1.35. The third-order valence-electron chi connectivity index (χ3n) is 4.78. The van der Waals surface area contributed by atoms with Crippen LogP contribution in [-0.2, 0) is 29.7 Å². The molecule has 0 spiro atoms. The van der Waals surface area contributed by atoms with E-state index in [9.17, 15) is 0 Å². The molecule has 0 saturated heterocycles. The van der Waals surface area contributed by atoms with Crippen molar-refractivity contribution in [2.75, 3.05) is 0 Å². The fourth-order valence-electron chi connectivity index (χ4n) is 3.88. The summed E-state index contributed by atoms with van der Waals surface area (Å²) in [7, 11) is 0.